The van der Waals surface area contributed by atoms with Gasteiger partial charge in [-0.1, -0.05) is 29.3 Å². The largest absolute Gasteiger partial charge is 0.193 e. The van der Waals surface area contributed by atoms with Crippen LogP contribution in [0.5, 0.6) is 0 Å². The molecule has 0 amide bonds. The second-order valence-electron chi connectivity index (χ2n) is 2.25. The van der Waals surface area contributed by atoms with Gasteiger partial charge in [-0.2, -0.15) is 5.26 Å². The average Bonchev–Trinajstić information content (AvgIpc) is 2.10. The Hall–Kier alpha value is -0.490. The van der Waals surface area contributed by atoms with Crippen molar-refractivity contribution in [2.45, 2.75) is 0 Å². The number of benzene rings is 1. The Balaban J connectivity index is 3.13. The Kier molecular flexibility index (Phi) is 3.80. The summed E-state index contributed by atoms with van der Waals surface area (Å²) in [6.07, 6.45) is 1.28. The van der Waals surface area contributed by atoms with Crippen LogP contribution in [0.4, 0.5) is 0 Å². The number of rotatable bonds is 1. The van der Waals surface area contributed by atoms with Gasteiger partial charge in [0.05, 0.1) is 16.1 Å². The van der Waals surface area contributed by atoms with E-state index in [0.717, 1.165) is 10.0 Å². The second-order valence-corrected chi connectivity index (χ2v) is 3.92. The van der Waals surface area contributed by atoms with Crippen LogP contribution in [0.15, 0.2) is 28.7 Å². The van der Waals surface area contributed by atoms with Crippen molar-refractivity contribution >= 4 is 44.2 Å². The van der Waals surface area contributed by atoms with Gasteiger partial charge in [0, 0.05) is 10.5 Å². The first-order chi connectivity index (χ1) is 6.15. The number of nitrogens with zero attached hydrogens (tertiary/aromatic N) is 1. The van der Waals surface area contributed by atoms with E-state index >= 15 is 0 Å². The summed E-state index contributed by atoms with van der Waals surface area (Å²) in [7, 11) is 0. The van der Waals surface area contributed by atoms with E-state index in [9.17, 15) is 0 Å². The minimum atomic E-state index is 0.403. The van der Waals surface area contributed by atoms with Gasteiger partial charge < -0.3 is 0 Å². The highest BCUT2D eigenvalue weighted by Crippen LogP contribution is 2.27. The van der Waals surface area contributed by atoms with Gasteiger partial charge in [-0.3, -0.25) is 0 Å². The first kappa shape index (κ1) is 10.6. The third kappa shape index (κ3) is 2.73. The monoisotopic (exact) mass is 275 g/mol. The van der Waals surface area contributed by atoms with Crippen LogP contribution in [0.3, 0.4) is 0 Å². The first-order valence-corrected chi connectivity index (χ1v) is 4.90. The van der Waals surface area contributed by atoms with Crippen molar-refractivity contribution in [3.05, 3.63) is 39.3 Å². The van der Waals surface area contributed by atoms with Crippen LogP contribution in [0.1, 0.15) is 5.56 Å². The van der Waals surface area contributed by atoms with E-state index in [0.29, 0.717) is 10.1 Å². The molecule has 0 N–H and O–H groups in total. The van der Waals surface area contributed by atoms with E-state index in [4.69, 9.17) is 28.5 Å². The lowest BCUT2D eigenvalue weighted by atomic mass is 10.2. The highest BCUT2D eigenvalue weighted by Gasteiger charge is 2.01. The zero-order valence-electron chi connectivity index (χ0n) is 6.39. The van der Waals surface area contributed by atoms with Crippen molar-refractivity contribution in [3.63, 3.8) is 0 Å². The highest BCUT2D eigenvalue weighted by atomic mass is 79.9. The molecular formula is C9H4BrCl2N. The SMILES string of the molecule is N#C/C=C(/Cl)c1ccc(Cl)c(Br)c1. The van der Waals surface area contributed by atoms with E-state index < -0.39 is 0 Å². The lowest BCUT2D eigenvalue weighted by molar-refractivity contribution is 1.53. The summed E-state index contributed by atoms with van der Waals surface area (Å²) in [5.41, 5.74) is 0.763. The average molecular weight is 277 g/mol. The third-order valence-corrected chi connectivity index (χ3v) is 2.93. The van der Waals surface area contributed by atoms with Gasteiger partial charge in [-0.25, -0.2) is 0 Å². The summed E-state index contributed by atoms with van der Waals surface area (Å²) in [6.45, 7) is 0. The molecule has 0 spiro atoms. The minimum Gasteiger partial charge on any atom is -0.193 e. The quantitative estimate of drug-likeness (QED) is 0.705. The molecule has 0 saturated heterocycles. The Morgan fingerprint density at radius 2 is 2.23 bits per heavy atom. The van der Waals surface area contributed by atoms with Crippen LogP contribution < -0.4 is 0 Å². The zero-order chi connectivity index (χ0) is 9.84. The smallest absolute Gasteiger partial charge is 0.0927 e. The maximum absolute atomic E-state index is 8.37. The van der Waals surface area contributed by atoms with Crippen molar-refractivity contribution in [2.75, 3.05) is 0 Å². The predicted molar refractivity (Wildman–Crippen MR) is 58.6 cm³/mol. The normalized spacial score (nSPS) is 11.1. The molecule has 0 radical (unpaired) electrons. The number of hydrogen-bond acceptors (Lipinski definition) is 1. The molecule has 1 rings (SSSR count). The van der Waals surface area contributed by atoms with Crippen LogP contribution in [-0.2, 0) is 0 Å². The van der Waals surface area contributed by atoms with Crippen LogP contribution in [-0.4, -0.2) is 0 Å². The third-order valence-electron chi connectivity index (χ3n) is 1.39. The maximum atomic E-state index is 8.37. The molecule has 0 bridgehead atoms. The standard InChI is InChI=1S/C9H4BrCl2N/c10-7-5-6(1-2-9(7)12)8(11)3-4-13/h1-3,5H/b8-3+. The zero-order valence-corrected chi connectivity index (χ0v) is 9.49. The van der Waals surface area contributed by atoms with Crippen molar-refractivity contribution in [1.29, 1.82) is 5.26 Å². The Morgan fingerprint density at radius 3 is 2.77 bits per heavy atom. The van der Waals surface area contributed by atoms with Crippen LogP contribution in [0.25, 0.3) is 5.03 Å². The summed E-state index contributed by atoms with van der Waals surface area (Å²) in [4.78, 5) is 0. The molecule has 0 atom stereocenters. The lowest BCUT2D eigenvalue weighted by Gasteiger charge is -2.00. The molecule has 1 nitrogen and oxygen atoms in total. The molecule has 0 fully saturated rings. The fourth-order valence-electron chi connectivity index (χ4n) is 0.785. The number of allylic oxidation sites excluding steroid dienone is 1. The molecule has 4 heteroatoms. The van der Waals surface area contributed by atoms with Gasteiger partial charge in [-0.15, -0.1) is 0 Å². The fourth-order valence-corrected chi connectivity index (χ4v) is 1.45. The van der Waals surface area contributed by atoms with Crippen molar-refractivity contribution < 1.29 is 0 Å². The van der Waals surface area contributed by atoms with Crippen LogP contribution >= 0.6 is 39.1 Å². The first-order valence-electron chi connectivity index (χ1n) is 3.36. The molecule has 0 aliphatic heterocycles. The van der Waals surface area contributed by atoms with E-state index in [2.05, 4.69) is 15.9 Å². The number of nitriles is 1. The summed E-state index contributed by atoms with van der Waals surface area (Å²) in [5.74, 6) is 0. The Morgan fingerprint density at radius 1 is 1.54 bits per heavy atom. The minimum absolute atomic E-state index is 0.403. The summed E-state index contributed by atoms with van der Waals surface area (Å²) in [6, 6.07) is 7.09. The molecule has 0 aliphatic carbocycles. The van der Waals surface area contributed by atoms with Crippen molar-refractivity contribution in [1.82, 2.24) is 0 Å². The van der Waals surface area contributed by atoms with E-state index in [1.165, 1.54) is 6.08 Å². The molecule has 13 heavy (non-hydrogen) atoms. The molecule has 0 aliphatic rings. The lowest BCUT2D eigenvalue weighted by Crippen LogP contribution is -1.77. The second kappa shape index (κ2) is 4.66. The molecule has 1 aromatic rings. The van der Waals surface area contributed by atoms with Gasteiger partial charge in [0.2, 0.25) is 0 Å². The van der Waals surface area contributed by atoms with E-state index in [-0.39, 0.29) is 0 Å². The number of hydrogen-bond donors (Lipinski definition) is 0. The molecule has 66 valence electrons. The fraction of sp³-hybridized carbons (Fsp3) is 0. The summed E-state index contributed by atoms with van der Waals surface area (Å²) >= 11 is 14.9. The predicted octanol–water partition coefficient (Wildman–Crippen LogP) is 4.21. The van der Waals surface area contributed by atoms with Crippen LogP contribution in [0, 0.1) is 11.3 Å². The Labute approximate surface area is 94.7 Å². The number of halogens is 3. The van der Waals surface area contributed by atoms with Gasteiger partial charge in [0.1, 0.15) is 0 Å². The molecule has 0 heterocycles. The molecular weight excluding hydrogens is 273 g/mol. The van der Waals surface area contributed by atoms with E-state index in [1.807, 2.05) is 6.07 Å². The molecule has 0 unspecified atom stereocenters. The maximum Gasteiger partial charge on any atom is 0.0927 e. The van der Waals surface area contributed by atoms with E-state index in [1.54, 1.807) is 18.2 Å². The highest BCUT2D eigenvalue weighted by molar-refractivity contribution is 9.10. The Bertz CT molecular complexity index is 393. The van der Waals surface area contributed by atoms with Crippen LogP contribution in [0.2, 0.25) is 5.02 Å². The van der Waals surface area contributed by atoms with Gasteiger partial charge in [0.15, 0.2) is 0 Å². The van der Waals surface area contributed by atoms with Crippen molar-refractivity contribution in [3.8, 4) is 6.07 Å². The van der Waals surface area contributed by atoms with Gasteiger partial charge >= 0.3 is 0 Å². The van der Waals surface area contributed by atoms with Gasteiger partial charge in [0.25, 0.3) is 0 Å². The molecule has 0 aromatic heterocycles. The summed E-state index contributed by atoms with van der Waals surface area (Å²) in [5, 5.41) is 9.39. The topological polar surface area (TPSA) is 23.8 Å². The molecule has 1 aromatic carbocycles. The summed E-state index contributed by atoms with van der Waals surface area (Å²) < 4.78 is 0.760. The molecule has 0 saturated carbocycles. The van der Waals surface area contributed by atoms with Crippen molar-refractivity contribution in [2.24, 2.45) is 0 Å². The van der Waals surface area contributed by atoms with Gasteiger partial charge in [-0.05, 0) is 33.6 Å².